The van der Waals surface area contributed by atoms with E-state index in [9.17, 15) is 0 Å². The first-order valence-corrected chi connectivity index (χ1v) is 7.27. The Bertz CT molecular complexity index is 241. The van der Waals surface area contributed by atoms with Crippen LogP contribution in [0.1, 0.15) is 39.5 Å². The zero-order valence-electron chi connectivity index (χ0n) is 12.6. The van der Waals surface area contributed by atoms with Crippen LogP contribution in [0.2, 0.25) is 0 Å². The van der Waals surface area contributed by atoms with Crippen LogP contribution in [0.15, 0.2) is 4.99 Å². The summed E-state index contributed by atoms with van der Waals surface area (Å²) < 4.78 is 5.03. The van der Waals surface area contributed by atoms with Crippen LogP contribution in [0.25, 0.3) is 0 Å². The summed E-state index contributed by atoms with van der Waals surface area (Å²) in [7, 11) is 1.72. The van der Waals surface area contributed by atoms with Crippen molar-refractivity contribution in [1.29, 1.82) is 0 Å². The fourth-order valence-corrected chi connectivity index (χ4v) is 2.35. The van der Waals surface area contributed by atoms with E-state index < -0.39 is 0 Å². The molecular formula is C14H30IN3O. The van der Waals surface area contributed by atoms with Crippen LogP contribution >= 0.6 is 24.0 Å². The predicted octanol–water partition coefficient (Wildman–Crippen LogP) is 2.63. The lowest BCUT2D eigenvalue weighted by molar-refractivity contribution is 0.203. The molecule has 0 bridgehead atoms. The smallest absolute Gasteiger partial charge is 0.191 e. The largest absolute Gasteiger partial charge is 0.383 e. The summed E-state index contributed by atoms with van der Waals surface area (Å²) in [5.74, 6) is 2.62. The summed E-state index contributed by atoms with van der Waals surface area (Å²) in [6.45, 7) is 7.83. The van der Waals surface area contributed by atoms with Gasteiger partial charge in [-0.1, -0.05) is 19.8 Å². The van der Waals surface area contributed by atoms with Crippen LogP contribution in [-0.4, -0.2) is 39.3 Å². The molecule has 0 amide bonds. The number of rotatable bonds is 6. The van der Waals surface area contributed by atoms with Gasteiger partial charge in [-0.2, -0.15) is 0 Å². The minimum Gasteiger partial charge on any atom is -0.383 e. The topological polar surface area (TPSA) is 45.7 Å². The number of nitrogens with one attached hydrogen (secondary N) is 2. The molecule has 2 N–H and O–H groups in total. The highest BCUT2D eigenvalue weighted by Gasteiger charge is 2.17. The number of hydrogen-bond donors (Lipinski definition) is 2. The molecule has 5 heteroatoms. The maximum Gasteiger partial charge on any atom is 0.191 e. The Morgan fingerprint density at radius 1 is 1.21 bits per heavy atom. The summed E-state index contributed by atoms with van der Waals surface area (Å²) >= 11 is 0. The second kappa shape index (κ2) is 11.8. The lowest BCUT2D eigenvalue weighted by Gasteiger charge is -2.25. The number of aliphatic imine (C=N–C) groups is 1. The average molecular weight is 383 g/mol. The summed E-state index contributed by atoms with van der Waals surface area (Å²) in [5.41, 5.74) is 0. The first kappa shape index (κ1) is 19.0. The summed E-state index contributed by atoms with van der Waals surface area (Å²) in [6.07, 6.45) is 5.41. The van der Waals surface area contributed by atoms with Gasteiger partial charge >= 0.3 is 0 Å². The van der Waals surface area contributed by atoms with Gasteiger partial charge in [0.25, 0.3) is 0 Å². The summed E-state index contributed by atoms with van der Waals surface area (Å²) in [5, 5.41) is 6.56. The van der Waals surface area contributed by atoms with Crippen LogP contribution in [0.4, 0.5) is 0 Å². The van der Waals surface area contributed by atoms with Gasteiger partial charge in [0.05, 0.1) is 6.61 Å². The highest BCUT2D eigenvalue weighted by molar-refractivity contribution is 14.0. The SMILES string of the molecule is CCNC(=NCC1CCC(C)CC1)NCCOC.I. The zero-order chi connectivity index (χ0) is 13.2. The molecule has 1 saturated carbocycles. The lowest BCUT2D eigenvalue weighted by atomic mass is 9.83. The van der Waals surface area contributed by atoms with E-state index in [0.717, 1.165) is 37.4 Å². The molecule has 0 saturated heterocycles. The van der Waals surface area contributed by atoms with Gasteiger partial charge in [0, 0.05) is 26.7 Å². The van der Waals surface area contributed by atoms with Crippen molar-refractivity contribution < 1.29 is 4.74 Å². The number of ether oxygens (including phenoxy) is 1. The standard InChI is InChI=1S/C14H29N3O.HI/c1-4-15-14(16-9-10-18-3)17-11-13-7-5-12(2)6-8-13;/h12-13H,4-11H2,1-3H3,(H2,15,16,17);1H. The van der Waals surface area contributed by atoms with Gasteiger partial charge in [-0.05, 0) is 31.6 Å². The van der Waals surface area contributed by atoms with E-state index >= 15 is 0 Å². The fourth-order valence-electron chi connectivity index (χ4n) is 2.35. The van der Waals surface area contributed by atoms with Gasteiger partial charge in [-0.3, -0.25) is 4.99 Å². The third-order valence-corrected chi connectivity index (χ3v) is 3.59. The highest BCUT2D eigenvalue weighted by atomic mass is 127. The molecular weight excluding hydrogens is 353 g/mol. The van der Waals surface area contributed by atoms with E-state index in [0.29, 0.717) is 6.61 Å². The Balaban J connectivity index is 0.00000324. The highest BCUT2D eigenvalue weighted by Crippen LogP contribution is 2.28. The molecule has 0 aromatic heterocycles. The van der Waals surface area contributed by atoms with Crippen LogP contribution in [0.3, 0.4) is 0 Å². The van der Waals surface area contributed by atoms with E-state index in [1.54, 1.807) is 7.11 Å². The molecule has 114 valence electrons. The summed E-state index contributed by atoms with van der Waals surface area (Å²) in [4.78, 5) is 4.67. The van der Waals surface area contributed by atoms with E-state index in [1.807, 2.05) is 0 Å². The zero-order valence-corrected chi connectivity index (χ0v) is 14.9. The van der Waals surface area contributed by atoms with Gasteiger partial charge in [-0.25, -0.2) is 0 Å². The van der Waals surface area contributed by atoms with Crippen LogP contribution in [-0.2, 0) is 4.74 Å². The second-order valence-electron chi connectivity index (χ2n) is 5.27. The van der Waals surface area contributed by atoms with Crippen LogP contribution < -0.4 is 10.6 Å². The monoisotopic (exact) mass is 383 g/mol. The molecule has 0 radical (unpaired) electrons. The number of guanidine groups is 1. The number of halogens is 1. The van der Waals surface area contributed by atoms with Gasteiger partial charge in [0.1, 0.15) is 0 Å². The van der Waals surface area contributed by atoms with Crippen molar-refractivity contribution in [1.82, 2.24) is 10.6 Å². The molecule has 0 spiro atoms. The number of nitrogens with zero attached hydrogens (tertiary/aromatic N) is 1. The maximum atomic E-state index is 5.03. The predicted molar refractivity (Wildman–Crippen MR) is 92.4 cm³/mol. The molecule has 1 aliphatic rings. The van der Waals surface area contributed by atoms with E-state index in [4.69, 9.17) is 4.74 Å². The number of hydrogen-bond acceptors (Lipinski definition) is 2. The van der Waals surface area contributed by atoms with Crippen molar-refractivity contribution in [2.75, 3.05) is 33.4 Å². The van der Waals surface area contributed by atoms with E-state index in [-0.39, 0.29) is 24.0 Å². The third kappa shape index (κ3) is 8.68. The first-order valence-electron chi connectivity index (χ1n) is 7.27. The van der Waals surface area contributed by atoms with Crippen molar-refractivity contribution in [3.63, 3.8) is 0 Å². The van der Waals surface area contributed by atoms with E-state index in [1.165, 1.54) is 25.7 Å². The van der Waals surface area contributed by atoms with E-state index in [2.05, 4.69) is 29.5 Å². The van der Waals surface area contributed by atoms with Crippen molar-refractivity contribution in [2.24, 2.45) is 16.8 Å². The maximum absolute atomic E-state index is 5.03. The minimum atomic E-state index is 0. The van der Waals surface area contributed by atoms with Crippen LogP contribution in [0.5, 0.6) is 0 Å². The quantitative estimate of drug-likeness (QED) is 0.321. The second-order valence-corrected chi connectivity index (χ2v) is 5.27. The molecule has 1 rings (SSSR count). The molecule has 0 aliphatic heterocycles. The first-order chi connectivity index (χ1) is 8.76. The van der Waals surface area contributed by atoms with Crippen molar-refractivity contribution in [3.05, 3.63) is 0 Å². The molecule has 0 unspecified atom stereocenters. The molecule has 4 nitrogen and oxygen atoms in total. The lowest BCUT2D eigenvalue weighted by Crippen LogP contribution is -2.39. The molecule has 0 aromatic rings. The Hall–Kier alpha value is -0.0400. The Labute approximate surface area is 135 Å². The average Bonchev–Trinajstić information content (AvgIpc) is 2.38. The molecule has 1 aliphatic carbocycles. The van der Waals surface area contributed by atoms with Crippen molar-refractivity contribution in [3.8, 4) is 0 Å². The minimum absolute atomic E-state index is 0. The molecule has 0 aromatic carbocycles. The molecule has 0 atom stereocenters. The Kier molecular flexibility index (Phi) is 11.7. The normalized spacial score (nSPS) is 23.6. The number of methoxy groups -OCH3 is 1. The van der Waals surface area contributed by atoms with Crippen LogP contribution in [0, 0.1) is 11.8 Å². The van der Waals surface area contributed by atoms with Crippen molar-refractivity contribution >= 4 is 29.9 Å². The molecule has 0 heterocycles. The molecule has 1 fully saturated rings. The summed E-state index contributed by atoms with van der Waals surface area (Å²) in [6, 6.07) is 0. The molecule has 19 heavy (non-hydrogen) atoms. The van der Waals surface area contributed by atoms with Crippen molar-refractivity contribution in [2.45, 2.75) is 39.5 Å². The fraction of sp³-hybridized carbons (Fsp3) is 0.929. The van der Waals surface area contributed by atoms with Gasteiger partial charge in [-0.15, -0.1) is 24.0 Å². The third-order valence-electron chi connectivity index (χ3n) is 3.59. The van der Waals surface area contributed by atoms with Gasteiger partial charge in [0.15, 0.2) is 5.96 Å². The Morgan fingerprint density at radius 3 is 2.47 bits per heavy atom. The Morgan fingerprint density at radius 2 is 1.89 bits per heavy atom. The van der Waals surface area contributed by atoms with Gasteiger partial charge < -0.3 is 15.4 Å². The van der Waals surface area contributed by atoms with Gasteiger partial charge in [0.2, 0.25) is 0 Å².